The summed E-state index contributed by atoms with van der Waals surface area (Å²) in [6.45, 7) is 9.99. The van der Waals surface area contributed by atoms with Gasteiger partial charge in [0.2, 0.25) is 0 Å². The molecule has 0 aromatic heterocycles. The zero-order chi connectivity index (χ0) is 19.2. The van der Waals surface area contributed by atoms with Crippen molar-refractivity contribution in [1.82, 2.24) is 0 Å². The molecule has 1 amide bonds. The van der Waals surface area contributed by atoms with E-state index in [2.05, 4.69) is 36.5 Å². The van der Waals surface area contributed by atoms with Crippen molar-refractivity contribution in [3.05, 3.63) is 59.2 Å². The third kappa shape index (κ3) is 5.55. The van der Waals surface area contributed by atoms with Gasteiger partial charge in [0.1, 0.15) is 38.5 Å². The Morgan fingerprint density at radius 1 is 1.00 bits per heavy atom. The molecule has 0 unspecified atom stereocenters. The molecule has 5 heteroatoms. The number of anilines is 1. The second-order valence-corrected chi connectivity index (χ2v) is 7.59. The van der Waals surface area contributed by atoms with E-state index in [1.54, 1.807) is 12.0 Å². The van der Waals surface area contributed by atoms with E-state index in [-0.39, 0.29) is 5.91 Å². The third-order valence-electron chi connectivity index (χ3n) is 5.24. The number of hydrogen-bond donors (Lipinski definition) is 3. The second-order valence-electron chi connectivity index (χ2n) is 7.59. The van der Waals surface area contributed by atoms with E-state index in [1.165, 1.54) is 16.0 Å². The Morgan fingerprint density at radius 2 is 1.70 bits per heavy atom. The molecule has 1 fully saturated rings. The molecule has 1 heterocycles. The highest BCUT2D eigenvalue weighted by Gasteiger charge is 2.25. The number of amides is 1. The number of piperazine rings is 1. The van der Waals surface area contributed by atoms with Crippen molar-refractivity contribution in [2.24, 2.45) is 0 Å². The van der Waals surface area contributed by atoms with Crippen LogP contribution in [0.1, 0.15) is 16.7 Å². The molecular weight excluding hydrogens is 338 g/mol. The number of carbonyl (C=O) groups excluding carboxylic acids is 1. The summed E-state index contributed by atoms with van der Waals surface area (Å²) in [5.41, 5.74) is 4.58. The number of quaternary nitrogens is 2. The van der Waals surface area contributed by atoms with E-state index >= 15 is 0 Å². The van der Waals surface area contributed by atoms with Crippen molar-refractivity contribution >= 4 is 11.6 Å². The van der Waals surface area contributed by atoms with Crippen LogP contribution in [0.3, 0.4) is 0 Å². The Balaban J connectivity index is 1.47. The molecule has 1 saturated heterocycles. The fraction of sp³-hybridized carbons (Fsp3) is 0.409. The van der Waals surface area contributed by atoms with E-state index in [4.69, 9.17) is 4.74 Å². The number of nitrogens with one attached hydrogen (secondary N) is 3. The third-order valence-corrected chi connectivity index (χ3v) is 5.24. The molecule has 2 aromatic carbocycles. The van der Waals surface area contributed by atoms with Crippen molar-refractivity contribution in [3.8, 4) is 5.75 Å². The number of methoxy groups -OCH3 is 1. The van der Waals surface area contributed by atoms with Crippen LogP contribution in [0, 0.1) is 13.8 Å². The lowest BCUT2D eigenvalue weighted by Crippen LogP contribution is -3.28. The molecule has 2 aromatic rings. The predicted molar refractivity (Wildman–Crippen MR) is 108 cm³/mol. The SMILES string of the molecule is COc1ccc(C)cc1NC(=O)C[NH+]1CC[NH+](Cc2cccc(C)c2)CC1. The minimum atomic E-state index is 0.0519. The number of ether oxygens (including phenoxy) is 1. The molecule has 5 nitrogen and oxygen atoms in total. The summed E-state index contributed by atoms with van der Waals surface area (Å²) in [7, 11) is 1.63. The highest BCUT2D eigenvalue weighted by atomic mass is 16.5. The van der Waals surface area contributed by atoms with Gasteiger partial charge in [0.25, 0.3) is 5.91 Å². The molecule has 1 aliphatic heterocycles. The number of hydrogen-bond acceptors (Lipinski definition) is 2. The number of rotatable bonds is 6. The molecule has 0 aliphatic carbocycles. The highest BCUT2D eigenvalue weighted by molar-refractivity contribution is 5.93. The summed E-state index contributed by atoms with van der Waals surface area (Å²) in [5, 5.41) is 3.02. The van der Waals surface area contributed by atoms with Gasteiger partial charge in [0.15, 0.2) is 6.54 Å². The maximum absolute atomic E-state index is 12.5. The van der Waals surface area contributed by atoms with Crippen LogP contribution >= 0.6 is 0 Å². The standard InChI is InChI=1S/C22H29N3O2/c1-17-5-4-6-19(13-17)15-24-9-11-25(12-10-24)16-22(26)23-20-14-18(2)7-8-21(20)27-3/h4-8,13-14H,9-12,15-16H2,1-3H3,(H,23,26)/p+2. The maximum Gasteiger partial charge on any atom is 0.279 e. The van der Waals surface area contributed by atoms with Gasteiger partial charge in [-0.3, -0.25) is 4.79 Å². The summed E-state index contributed by atoms with van der Waals surface area (Å²) >= 11 is 0. The monoisotopic (exact) mass is 369 g/mol. The van der Waals surface area contributed by atoms with Crippen molar-refractivity contribution in [2.45, 2.75) is 20.4 Å². The van der Waals surface area contributed by atoms with Crippen molar-refractivity contribution in [2.75, 3.05) is 45.2 Å². The lowest BCUT2D eigenvalue weighted by Gasteiger charge is -2.29. The minimum Gasteiger partial charge on any atom is -0.495 e. The fourth-order valence-electron chi connectivity index (χ4n) is 3.76. The van der Waals surface area contributed by atoms with Gasteiger partial charge >= 0.3 is 0 Å². The molecule has 144 valence electrons. The molecule has 3 N–H and O–H groups in total. The quantitative estimate of drug-likeness (QED) is 0.683. The Hall–Kier alpha value is -2.37. The van der Waals surface area contributed by atoms with Crippen LogP contribution in [0.4, 0.5) is 5.69 Å². The van der Waals surface area contributed by atoms with E-state index in [0.717, 1.165) is 44.0 Å². The average Bonchev–Trinajstić information content (AvgIpc) is 2.63. The summed E-state index contributed by atoms with van der Waals surface area (Å²) < 4.78 is 5.35. The summed E-state index contributed by atoms with van der Waals surface area (Å²) in [6.07, 6.45) is 0. The smallest absolute Gasteiger partial charge is 0.279 e. The van der Waals surface area contributed by atoms with Gasteiger partial charge in [0, 0.05) is 5.56 Å². The fourth-order valence-corrected chi connectivity index (χ4v) is 3.76. The topological polar surface area (TPSA) is 47.2 Å². The lowest BCUT2D eigenvalue weighted by molar-refractivity contribution is -1.02. The van der Waals surface area contributed by atoms with E-state index in [1.807, 2.05) is 25.1 Å². The van der Waals surface area contributed by atoms with Crippen LogP contribution in [-0.4, -0.2) is 45.7 Å². The first-order valence-corrected chi connectivity index (χ1v) is 9.70. The Morgan fingerprint density at radius 3 is 2.41 bits per heavy atom. The maximum atomic E-state index is 12.5. The van der Waals surface area contributed by atoms with Gasteiger partial charge in [0.05, 0.1) is 12.8 Å². The number of carbonyl (C=O) groups is 1. The molecule has 0 bridgehead atoms. The molecule has 0 spiro atoms. The lowest BCUT2D eigenvalue weighted by atomic mass is 10.1. The zero-order valence-corrected chi connectivity index (χ0v) is 16.6. The molecule has 3 rings (SSSR count). The molecule has 27 heavy (non-hydrogen) atoms. The van der Waals surface area contributed by atoms with Crippen molar-refractivity contribution in [3.63, 3.8) is 0 Å². The Labute approximate surface area is 161 Å². The largest absolute Gasteiger partial charge is 0.495 e. The van der Waals surface area contributed by atoms with Crippen LogP contribution in [0.15, 0.2) is 42.5 Å². The van der Waals surface area contributed by atoms with Gasteiger partial charge in [-0.05, 0) is 31.5 Å². The van der Waals surface area contributed by atoms with Gasteiger partial charge in [-0.2, -0.15) is 0 Å². The first-order valence-electron chi connectivity index (χ1n) is 9.70. The predicted octanol–water partition coefficient (Wildman–Crippen LogP) is 0.234. The molecule has 0 radical (unpaired) electrons. The number of benzene rings is 2. The first-order chi connectivity index (χ1) is 13.0. The normalized spacial score (nSPS) is 19.5. The van der Waals surface area contributed by atoms with Crippen molar-refractivity contribution < 1.29 is 19.3 Å². The highest BCUT2D eigenvalue weighted by Crippen LogP contribution is 2.24. The van der Waals surface area contributed by atoms with Crippen LogP contribution in [0.25, 0.3) is 0 Å². The molecule has 0 atom stereocenters. The summed E-state index contributed by atoms with van der Waals surface area (Å²) in [6, 6.07) is 14.6. The van der Waals surface area contributed by atoms with E-state index in [0.29, 0.717) is 12.3 Å². The van der Waals surface area contributed by atoms with E-state index < -0.39 is 0 Å². The van der Waals surface area contributed by atoms with Crippen LogP contribution in [0.2, 0.25) is 0 Å². The van der Waals surface area contributed by atoms with Gasteiger partial charge in [-0.25, -0.2) is 0 Å². The summed E-state index contributed by atoms with van der Waals surface area (Å²) in [5.74, 6) is 0.757. The van der Waals surface area contributed by atoms with Crippen LogP contribution in [0.5, 0.6) is 5.75 Å². The second kappa shape index (κ2) is 9.02. The van der Waals surface area contributed by atoms with Gasteiger partial charge in [-0.1, -0.05) is 35.9 Å². The van der Waals surface area contributed by atoms with Gasteiger partial charge < -0.3 is 19.9 Å². The molecule has 1 aliphatic rings. The average molecular weight is 370 g/mol. The molecule has 0 saturated carbocycles. The van der Waals surface area contributed by atoms with E-state index in [9.17, 15) is 4.79 Å². The Kier molecular flexibility index (Phi) is 6.48. The number of aryl methyl sites for hydroxylation is 2. The van der Waals surface area contributed by atoms with Crippen LogP contribution < -0.4 is 19.9 Å². The molecular formula is C22H31N3O2+2. The first kappa shape index (κ1) is 19.4. The zero-order valence-electron chi connectivity index (χ0n) is 16.6. The van der Waals surface area contributed by atoms with Crippen LogP contribution in [-0.2, 0) is 11.3 Å². The van der Waals surface area contributed by atoms with Gasteiger partial charge in [-0.15, -0.1) is 0 Å². The summed E-state index contributed by atoms with van der Waals surface area (Å²) in [4.78, 5) is 15.4. The Bertz CT molecular complexity index is 783. The minimum absolute atomic E-state index is 0.0519. The van der Waals surface area contributed by atoms with Crippen molar-refractivity contribution in [1.29, 1.82) is 0 Å².